The Morgan fingerprint density at radius 2 is 1.64 bits per heavy atom. The maximum Gasteiger partial charge on any atom is 0.331 e. The zero-order chi connectivity index (χ0) is 9.23. The molecule has 0 aromatic carbocycles. The number of rotatable bonds is 1. The molecule has 11 heavy (non-hydrogen) atoms. The number of alkyl halides is 3. The molecule has 0 aliphatic carbocycles. The normalized spacial score (nSPS) is 14.3. The number of hydrogen-bond acceptors (Lipinski definition) is 1. The van der Waals surface area contributed by atoms with E-state index in [0.717, 1.165) is 0 Å². The van der Waals surface area contributed by atoms with Gasteiger partial charge in [-0.3, -0.25) is 0 Å². The molecule has 0 fully saturated rings. The monoisotopic (exact) mass is 216 g/mol. The van der Waals surface area contributed by atoms with Crippen molar-refractivity contribution in [1.82, 2.24) is 0 Å². The van der Waals surface area contributed by atoms with Crippen LogP contribution in [0.5, 0.6) is 0 Å². The lowest BCUT2D eigenvalue weighted by Gasteiger charge is -2.12. The molecule has 0 aliphatic rings. The van der Waals surface area contributed by atoms with E-state index in [1.165, 1.54) is 13.8 Å². The average molecular weight is 217 g/mol. The van der Waals surface area contributed by atoms with Crippen LogP contribution in [0.4, 0.5) is 0 Å². The summed E-state index contributed by atoms with van der Waals surface area (Å²) >= 11 is 16.3. The predicted octanol–water partition coefficient (Wildman–Crippen LogP) is 2.78. The predicted molar refractivity (Wildman–Crippen MR) is 46.3 cm³/mol. The molecular weight excluding hydrogens is 210 g/mol. The van der Waals surface area contributed by atoms with E-state index < -0.39 is 9.76 Å². The third kappa shape index (κ3) is 3.32. The molecule has 0 atom stereocenters. The summed E-state index contributed by atoms with van der Waals surface area (Å²) < 4.78 is -1.62. The number of halogens is 3. The highest BCUT2D eigenvalue weighted by Crippen LogP contribution is 2.35. The van der Waals surface area contributed by atoms with Crippen LogP contribution in [0.2, 0.25) is 0 Å². The van der Waals surface area contributed by atoms with Gasteiger partial charge in [-0.15, -0.1) is 0 Å². The Morgan fingerprint density at radius 3 is 1.73 bits per heavy atom. The average Bonchev–Trinajstić information content (AvgIpc) is 1.82. The zero-order valence-corrected chi connectivity index (χ0v) is 8.26. The molecule has 64 valence electrons. The van der Waals surface area contributed by atoms with Crippen LogP contribution in [0.25, 0.3) is 0 Å². The molecule has 0 amide bonds. The van der Waals surface area contributed by atoms with Crippen molar-refractivity contribution in [1.29, 1.82) is 0 Å². The van der Waals surface area contributed by atoms with Crippen molar-refractivity contribution in [3.63, 3.8) is 0 Å². The molecule has 0 heterocycles. The molecule has 0 saturated carbocycles. The molecule has 1 N–H and O–H groups in total. The molecule has 0 aromatic heterocycles. The van der Waals surface area contributed by atoms with Gasteiger partial charge in [0.25, 0.3) is 0 Å². The van der Waals surface area contributed by atoms with Crippen LogP contribution in [0.1, 0.15) is 13.8 Å². The topological polar surface area (TPSA) is 37.3 Å². The summed E-state index contributed by atoms with van der Waals surface area (Å²) in [6.45, 7) is 2.86. The first-order valence-electron chi connectivity index (χ1n) is 2.74. The van der Waals surface area contributed by atoms with Gasteiger partial charge in [-0.2, -0.15) is 0 Å². The summed E-state index contributed by atoms with van der Waals surface area (Å²) in [6.07, 6.45) is 0. The van der Waals surface area contributed by atoms with E-state index >= 15 is 0 Å². The lowest BCUT2D eigenvalue weighted by molar-refractivity contribution is -0.132. The van der Waals surface area contributed by atoms with Gasteiger partial charge in [-0.05, 0) is 19.4 Å². The Balaban J connectivity index is 4.82. The van der Waals surface area contributed by atoms with Crippen molar-refractivity contribution in [3.8, 4) is 0 Å². The number of carboxylic acids is 1. The summed E-state index contributed by atoms with van der Waals surface area (Å²) in [5.41, 5.74) is 0.292. The SMILES string of the molecule is CC(C(=O)O)=C(C)C(Cl)(Cl)Cl. The van der Waals surface area contributed by atoms with Crippen molar-refractivity contribution >= 4 is 40.8 Å². The Morgan fingerprint density at radius 1 is 1.27 bits per heavy atom. The van der Waals surface area contributed by atoms with Crippen molar-refractivity contribution in [2.75, 3.05) is 0 Å². The molecule has 0 radical (unpaired) electrons. The lowest BCUT2D eigenvalue weighted by Crippen LogP contribution is -2.10. The molecule has 0 aliphatic heterocycles. The van der Waals surface area contributed by atoms with E-state index in [1.54, 1.807) is 0 Å². The largest absolute Gasteiger partial charge is 0.478 e. The minimum Gasteiger partial charge on any atom is -0.478 e. The van der Waals surface area contributed by atoms with Crippen LogP contribution >= 0.6 is 34.8 Å². The maximum absolute atomic E-state index is 10.4. The Bertz CT molecular complexity index is 202. The highest BCUT2D eigenvalue weighted by atomic mass is 35.6. The van der Waals surface area contributed by atoms with Gasteiger partial charge in [-0.1, -0.05) is 34.8 Å². The molecule has 0 rings (SSSR count). The Hall–Kier alpha value is 0.0800. The van der Waals surface area contributed by atoms with Crippen molar-refractivity contribution in [2.24, 2.45) is 0 Å². The standard InChI is InChI=1S/C6H7Cl3O2/c1-3(5(10)11)4(2)6(7,8)9/h1-2H3,(H,10,11). The van der Waals surface area contributed by atoms with Crippen LogP contribution in [0, 0.1) is 0 Å². The first kappa shape index (κ1) is 11.1. The van der Waals surface area contributed by atoms with E-state index in [-0.39, 0.29) is 11.1 Å². The fraction of sp³-hybridized carbons (Fsp3) is 0.500. The summed E-state index contributed by atoms with van der Waals surface area (Å²) in [5.74, 6) is -1.08. The van der Waals surface area contributed by atoms with Gasteiger partial charge in [-0.25, -0.2) is 4.79 Å². The number of hydrogen-bond donors (Lipinski definition) is 1. The van der Waals surface area contributed by atoms with Crippen LogP contribution in [-0.2, 0) is 4.79 Å². The summed E-state index contributed by atoms with van der Waals surface area (Å²) in [7, 11) is 0. The molecule has 0 saturated heterocycles. The fourth-order valence-corrected chi connectivity index (χ4v) is 0.798. The molecular formula is C6H7Cl3O2. The molecule has 0 bridgehead atoms. The second-order valence-electron chi connectivity index (χ2n) is 2.05. The minimum atomic E-state index is -1.62. The third-order valence-corrected chi connectivity index (χ3v) is 2.16. The van der Waals surface area contributed by atoms with Crippen LogP contribution in [0.15, 0.2) is 11.1 Å². The smallest absolute Gasteiger partial charge is 0.331 e. The van der Waals surface area contributed by atoms with Crippen LogP contribution < -0.4 is 0 Å². The van der Waals surface area contributed by atoms with Crippen LogP contribution in [0.3, 0.4) is 0 Å². The van der Waals surface area contributed by atoms with E-state index in [4.69, 9.17) is 39.9 Å². The highest BCUT2D eigenvalue weighted by molar-refractivity contribution is 6.69. The van der Waals surface area contributed by atoms with Crippen LogP contribution in [-0.4, -0.2) is 14.9 Å². The first-order valence-corrected chi connectivity index (χ1v) is 3.88. The van der Waals surface area contributed by atoms with Gasteiger partial charge in [0.1, 0.15) is 0 Å². The van der Waals surface area contributed by atoms with E-state index in [1.807, 2.05) is 0 Å². The maximum atomic E-state index is 10.4. The second-order valence-corrected chi connectivity index (χ2v) is 4.33. The van der Waals surface area contributed by atoms with Crippen molar-refractivity contribution in [3.05, 3.63) is 11.1 Å². The van der Waals surface area contributed by atoms with Crippen molar-refractivity contribution < 1.29 is 9.90 Å². The minimum absolute atomic E-state index is 0.0602. The van der Waals surface area contributed by atoms with Gasteiger partial charge < -0.3 is 5.11 Å². The van der Waals surface area contributed by atoms with Gasteiger partial charge in [0, 0.05) is 5.57 Å². The Kier molecular flexibility index (Phi) is 3.68. The summed E-state index contributed by atoms with van der Waals surface area (Å²) in [4.78, 5) is 10.4. The van der Waals surface area contributed by atoms with Gasteiger partial charge >= 0.3 is 5.97 Å². The molecule has 5 heteroatoms. The lowest BCUT2D eigenvalue weighted by atomic mass is 10.2. The number of allylic oxidation sites excluding steroid dienone is 1. The van der Waals surface area contributed by atoms with E-state index in [9.17, 15) is 4.79 Å². The number of carbonyl (C=O) groups is 1. The fourth-order valence-electron chi connectivity index (χ4n) is 0.373. The number of aliphatic carboxylic acids is 1. The van der Waals surface area contributed by atoms with Gasteiger partial charge in [0.2, 0.25) is 3.79 Å². The third-order valence-electron chi connectivity index (χ3n) is 1.31. The summed E-state index contributed by atoms with van der Waals surface area (Å²) in [5, 5.41) is 8.48. The number of carboxylic acid groups (broad SMARTS) is 1. The highest BCUT2D eigenvalue weighted by Gasteiger charge is 2.25. The molecule has 0 unspecified atom stereocenters. The quantitative estimate of drug-likeness (QED) is 0.542. The zero-order valence-electron chi connectivity index (χ0n) is 5.99. The van der Waals surface area contributed by atoms with E-state index in [0.29, 0.717) is 0 Å². The van der Waals surface area contributed by atoms with Crippen molar-refractivity contribution in [2.45, 2.75) is 17.6 Å². The molecule has 0 aromatic rings. The molecule has 0 spiro atoms. The first-order chi connectivity index (χ1) is 4.76. The van der Waals surface area contributed by atoms with Gasteiger partial charge in [0.05, 0.1) is 0 Å². The summed E-state index contributed by atoms with van der Waals surface area (Å²) in [6, 6.07) is 0. The Labute approximate surface area is 79.7 Å². The van der Waals surface area contributed by atoms with Gasteiger partial charge in [0.15, 0.2) is 0 Å². The van der Waals surface area contributed by atoms with E-state index in [2.05, 4.69) is 0 Å². The second kappa shape index (κ2) is 3.65. The molecule has 2 nitrogen and oxygen atoms in total.